The Kier molecular flexibility index (Phi) is 6.70. The zero-order valence-electron chi connectivity index (χ0n) is 13.0. The lowest BCUT2D eigenvalue weighted by Crippen LogP contribution is -2.36. The Hall–Kier alpha value is -1.98. The largest absolute Gasteiger partial charge is 0.391 e. The molecule has 24 heavy (non-hydrogen) atoms. The van der Waals surface area contributed by atoms with Gasteiger partial charge in [-0.1, -0.05) is 29.4 Å². The van der Waals surface area contributed by atoms with Crippen LogP contribution in [0.1, 0.15) is 23.5 Å². The third-order valence-corrected chi connectivity index (χ3v) is 3.92. The van der Waals surface area contributed by atoms with Crippen LogP contribution in [0.3, 0.4) is 0 Å². The maximum absolute atomic E-state index is 13.1. The normalized spacial score (nSPS) is 18.9. The van der Waals surface area contributed by atoms with Gasteiger partial charge in [-0.25, -0.2) is 8.78 Å². The molecular formula is C18H19ClF2N2O. The van der Waals surface area contributed by atoms with Gasteiger partial charge in [-0.3, -0.25) is 0 Å². The highest BCUT2D eigenvalue weighted by Crippen LogP contribution is 2.24. The predicted octanol–water partition coefficient (Wildman–Crippen LogP) is 4.04. The van der Waals surface area contributed by atoms with Crippen LogP contribution in [-0.4, -0.2) is 18.8 Å². The minimum absolute atomic E-state index is 0. The molecule has 0 bridgehead atoms. The Morgan fingerprint density at radius 2 is 1.62 bits per heavy atom. The molecule has 1 aliphatic rings. The quantitative estimate of drug-likeness (QED) is 0.843. The molecule has 3 nitrogen and oxygen atoms in total. The molecule has 0 aromatic heterocycles. The van der Waals surface area contributed by atoms with Gasteiger partial charge in [0.05, 0.1) is 5.71 Å². The van der Waals surface area contributed by atoms with Gasteiger partial charge in [-0.05, 0) is 48.4 Å². The van der Waals surface area contributed by atoms with E-state index in [0.717, 1.165) is 29.8 Å². The summed E-state index contributed by atoms with van der Waals surface area (Å²) in [4.78, 5) is 5.43. The fraction of sp³-hybridized carbons (Fsp3) is 0.278. The first-order valence-corrected chi connectivity index (χ1v) is 7.62. The molecule has 3 rings (SSSR count). The Morgan fingerprint density at radius 1 is 1.00 bits per heavy atom. The molecule has 1 N–H and O–H groups in total. The smallest absolute Gasteiger partial charge is 0.142 e. The molecule has 0 radical (unpaired) electrons. The first-order valence-electron chi connectivity index (χ1n) is 7.62. The van der Waals surface area contributed by atoms with E-state index in [1.54, 1.807) is 24.3 Å². The van der Waals surface area contributed by atoms with E-state index in [1.807, 2.05) is 0 Å². The highest BCUT2D eigenvalue weighted by molar-refractivity contribution is 5.93. The second kappa shape index (κ2) is 8.76. The molecule has 0 aliphatic carbocycles. The Labute approximate surface area is 146 Å². The Bertz CT molecular complexity index is 674. The van der Waals surface area contributed by atoms with E-state index in [0.29, 0.717) is 13.2 Å². The van der Waals surface area contributed by atoms with Gasteiger partial charge < -0.3 is 10.2 Å². The van der Waals surface area contributed by atoms with Crippen LogP contribution >= 0.6 is 12.4 Å². The molecular weight excluding hydrogens is 334 g/mol. The number of oxime groups is 1. The van der Waals surface area contributed by atoms with E-state index >= 15 is 0 Å². The van der Waals surface area contributed by atoms with Crippen molar-refractivity contribution in [1.29, 1.82) is 0 Å². The van der Waals surface area contributed by atoms with Crippen molar-refractivity contribution < 1.29 is 13.6 Å². The molecule has 2 aromatic carbocycles. The van der Waals surface area contributed by atoms with E-state index in [-0.39, 0.29) is 30.0 Å². The Morgan fingerprint density at radius 3 is 2.29 bits per heavy atom. The zero-order valence-corrected chi connectivity index (χ0v) is 13.9. The van der Waals surface area contributed by atoms with Gasteiger partial charge >= 0.3 is 0 Å². The molecule has 6 heteroatoms. The molecule has 2 aromatic rings. The molecule has 1 heterocycles. The molecule has 1 aliphatic heterocycles. The summed E-state index contributed by atoms with van der Waals surface area (Å²) in [5.74, 6) is -0.383. The van der Waals surface area contributed by atoms with Crippen molar-refractivity contribution in [2.45, 2.75) is 18.9 Å². The van der Waals surface area contributed by atoms with Gasteiger partial charge in [0.15, 0.2) is 0 Å². The summed E-state index contributed by atoms with van der Waals surface area (Å²) in [6.07, 6.45) is 0.893. The second-order valence-electron chi connectivity index (χ2n) is 5.55. The third-order valence-electron chi connectivity index (χ3n) is 3.92. The van der Waals surface area contributed by atoms with Crippen LogP contribution in [0.4, 0.5) is 8.78 Å². The van der Waals surface area contributed by atoms with E-state index in [9.17, 15) is 8.78 Å². The lowest BCUT2D eigenvalue weighted by atomic mass is 9.88. The summed E-state index contributed by atoms with van der Waals surface area (Å²) in [7, 11) is 0. The Balaban J connectivity index is 0.00000208. The maximum Gasteiger partial charge on any atom is 0.142 e. The van der Waals surface area contributed by atoms with Crippen LogP contribution in [0.15, 0.2) is 53.7 Å². The van der Waals surface area contributed by atoms with Gasteiger partial charge in [0.2, 0.25) is 0 Å². The first-order chi connectivity index (χ1) is 11.2. The number of halogens is 3. The fourth-order valence-corrected chi connectivity index (χ4v) is 2.67. The number of hydrogen-bond donors (Lipinski definition) is 1. The molecule has 0 spiro atoms. The molecule has 1 atom stereocenters. The molecule has 1 unspecified atom stereocenters. The molecule has 1 saturated heterocycles. The number of benzene rings is 2. The average Bonchev–Trinajstić information content (AvgIpc) is 2.58. The van der Waals surface area contributed by atoms with Crippen LogP contribution in [0, 0.1) is 11.6 Å². The SMILES string of the molecule is Cl.Fc1ccc(CO/N=C2\CNCCC2c2ccc(F)cc2)cc1. The van der Waals surface area contributed by atoms with Crippen molar-refractivity contribution in [1.82, 2.24) is 5.32 Å². The summed E-state index contributed by atoms with van der Waals surface area (Å²) in [6, 6.07) is 12.7. The van der Waals surface area contributed by atoms with Crippen molar-refractivity contribution >= 4 is 18.1 Å². The summed E-state index contributed by atoms with van der Waals surface area (Å²) in [5, 5.41) is 7.52. The number of nitrogens with one attached hydrogen (secondary N) is 1. The molecule has 0 amide bonds. The summed E-state index contributed by atoms with van der Waals surface area (Å²) in [6.45, 7) is 1.82. The predicted molar refractivity (Wildman–Crippen MR) is 92.5 cm³/mol. The minimum atomic E-state index is -0.270. The monoisotopic (exact) mass is 352 g/mol. The van der Waals surface area contributed by atoms with Gasteiger partial charge in [0.25, 0.3) is 0 Å². The van der Waals surface area contributed by atoms with Crippen molar-refractivity contribution in [3.63, 3.8) is 0 Å². The fourth-order valence-electron chi connectivity index (χ4n) is 2.67. The van der Waals surface area contributed by atoms with Gasteiger partial charge in [0, 0.05) is 12.5 Å². The lowest BCUT2D eigenvalue weighted by molar-refractivity contribution is 0.128. The van der Waals surface area contributed by atoms with Crippen molar-refractivity contribution in [2.75, 3.05) is 13.1 Å². The third kappa shape index (κ3) is 4.76. The minimum Gasteiger partial charge on any atom is -0.391 e. The van der Waals surface area contributed by atoms with Crippen LogP contribution in [0.2, 0.25) is 0 Å². The average molecular weight is 353 g/mol. The standard InChI is InChI=1S/C18H18F2N2O.ClH/c19-15-5-1-13(2-6-15)12-23-22-18-11-21-10-9-17(18)14-3-7-16(20)8-4-14;/h1-8,17,21H,9-12H2;1H/b22-18+;. The van der Waals surface area contributed by atoms with Crippen molar-refractivity contribution in [3.05, 3.63) is 71.3 Å². The van der Waals surface area contributed by atoms with Crippen LogP contribution in [0.5, 0.6) is 0 Å². The van der Waals surface area contributed by atoms with Crippen LogP contribution in [-0.2, 0) is 11.4 Å². The highest BCUT2D eigenvalue weighted by Gasteiger charge is 2.22. The maximum atomic E-state index is 13.1. The van der Waals surface area contributed by atoms with Crippen LogP contribution < -0.4 is 5.32 Å². The topological polar surface area (TPSA) is 33.6 Å². The summed E-state index contributed by atoms with van der Waals surface area (Å²) < 4.78 is 25.9. The molecule has 128 valence electrons. The summed E-state index contributed by atoms with van der Waals surface area (Å²) in [5.41, 5.74) is 2.79. The van der Waals surface area contributed by atoms with Crippen molar-refractivity contribution in [3.8, 4) is 0 Å². The van der Waals surface area contributed by atoms with Gasteiger partial charge in [0.1, 0.15) is 18.2 Å². The first kappa shape index (κ1) is 18.4. The molecule has 1 fully saturated rings. The number of rotatable bonds is 4. The molecule has 0 saturated carbocycles. The second-order valence-corrected chi connectivity index (χ2v) is 5.55. The zero-order chi connectivity index (χ0) is 16.1. The highest BCUT2D eigenvalue weighted by atomic mass is 35.5. The lowest BCUT2D eigenvalue weighted by Gasteiger charge is -2.24. The van der Waals surface area contributed by atoms with E-state index < -0.39 is 0 Å². The van der Waals surface area contributed by atoms with E-state index in [1.165, 1.54) is 24.3 Å². The van der Waals surface area contributed by atoms with E-state index in [2.05, 4.69) is 10.5 Å². The number of nitrogens with zero attached hydrogens (tertiary/aromatic N) is 1. The summed E-state index contributed by atoms with van der Waals surface area (Å²) >= 11 is 0. The number of hydrogen-bond acceptors (Lipinski definition) is 3. The van der Waals surface area contributed by atoms with Crippen LogP contribution in [0.25, 0.3) is 0 Å². The van der Waals surface area contributed by atoms with Gasteiger partial charge in [-0.15, -0.1) is 12.4 Å². The number of piperidine rings is 1. The van der Waals surface area contributed by atoms with Gasteiger partial charge in [-0.2, -0.15) is 0 Å². The van der Waals surface area contributed by atoms with E-state index in [4.69, 9.17) is 4.84 Å². The van der Waals surface area contributed by atoms with Crippen molar-refractivity contribution in [2.24, 2.45) is 5.16 Å².